The maximum absolute atomic E-state index is 14.4. The van der Waals surface area contributed by atoms with E-state index in [1.54, 1.807) is 0 Å². The normalized spacial score (nSPS) is 19.2. The molecule has 3 aromatic carbocycles. The molecule has 3 aromatic rings. The van der Waals surface area contributed by atoms with E-state index in [-0.39, 0.29) is 12.1 Å². The minimum Gasteiger partial charge on any atom is -0.399 e. The first-order chi connectivity index (χ1) is 17.7. The van der Waals surface area contributed by atoms with Gasteiger partial charge in [-0.2, -0.15) is 5.10 Å². The average Bonchev–Trinajstić information content (AvgIpc) is 3.21. The van der Waals surface area contributed by atoms with Crippen LogP contribution in [0.2, 0.25) is 0 Å². The third-order valence-corrected chi connectivity index (χ3v) is 8.12. The van der Waals surface area contributed by atoms with E-state index in [0.29, 0.717) is 11.6 Å². The Bertz CT molecular complexity index is 1250. The molecule has 1 aliphatic heterocycles. The number of amides is 2. The first-order valence-electron chi connectivity index (χ1n) is 13.4. The fourth-order valence-corrected chi connectivity index (χ4v) is 6.17. The number of hydrogen-bond donors (Lipinski definition) is 1. The van der Waals surface area contributed by atoms with Crippen LogP contribution in [0.15, 0.2) is 77.9 Å². The third kappa shape index (κ3) is 4.27. The highest BCUT2D eigenvalue weighted by atomic mass is 16.2. The summed E-state index contributed by atoms with van der Waals surface area (Å²) in [7, 11) is 0. The molecule has 0 aromatic heterocycles. The molecule has 5 heteroatoms. The van der Waals surface area contributed by atoms with Gasteiger partial charge in [0.15, 0.2) is 0 Å². The molecule has 5 nitrogen and oxygen atoms in total. The lowest BCUT2D eigenvalue weighted by molar-refractivity contribution is 0.179. The van der Waals surface area contributed by atoms with E-state index < -0.39 is 0 Å². The van der Waals surface area contributed by atoms with Gasteiger partial charge in [0.05, 0.1) is 23.1 Å². The highest BCUT2D eigenvalue weighted by Crippen LogP contribution is 2.39. The standard InChI is InChI=1S/C31H34N4O/c32-25-16-20-26(21-17-25)34-29-13-7-6-12-28(29)30(24-10-2-1-3-11-24)33-35(31(34)36)27-18-14-22-8-4-5-9-23(22)15-19-27/h4-9,12-13,16-17,20-21,24,27H,1-3,10-11,14-15,18-19,32H2. The van der Waals surface area contributed by atoms with Gasteiger partial charge < -0.3 is 5.73 Å². The fraction of sp³-hybridized carbons (Fsp3) is 0.355. The number of urea groups is 1. The maximum atomic E-state index is 14.4. The highest BCUT2D eigenvalue weighted by Gasteiger charge is 2.37. The number of nitrogens with zero attached hydrogens (tertiary/aromatic N) is 3. The van der Waals surface area contributed by atoms with Crippen LogP contribution >= 0.6 is 0 Å². The van der Waals surface area contributed by atoms with Crippen molar-refractivity contribution in [1.29, 1.82) is 0 Å². The molecule has 0 spiro atoms. The number of fused-ring (bicyclic) bond motifs is 2. The molecule has 0 bridgehead atoms. The van der Waals surface area contributed by atoms with Crippen LogP contribution in [0.3, 0.4) is 0 Å². The summed E-state index contributed by atoms with van der Waals surface area (Å²) in [4.78, 5) is 16.3. The minimum absolute atomic E-state index is 0.0501. The molecule has 2 aliphatic carbocycles. The van der Waals surface area contributed by atoms with Crippen molar-refractivity contribution in [2.24, 2.45) is 11.0 Å². The fourth-order valence-electron chi connectivity index (χ4n) is 6.17. The second-order valence-electron chi connectivity index (χ2n) is 10.4. The molecule has 6 rings (SSSR count). The smallest absolute Gasteiger partial charge is 0.349 e. The van der Waals surface area contributed by atoms with Crippen LogP contribution in [-0.4, -0.2) is 22.8 Å². The summed E-state index contributed by atoms with van der Waals surface area (Å²) in [5.74, 6) is 0.379. The summed E-state index contributed by atoms with van der Waals surface area (Å²) >= 11 is 0. The Hall–Kier alpha value is -3.60. The van der Waals surface area contributed by atoms with Gasteiger partial charge >= 0.3 is 6.03 Å². The number of aryl methyl sites for hydroxylation is 2. The van der Waals surface area contributed by atoms with Gasteiger partial charge in [-0.15, -0.1) is 0 Å². The molecular formula is C31H34N4O. The van der Waals surface area contributed by atoms with Gasteiger partial charge in [0.25, 0.3) is 0 Å². The summed E-state index contributed by atoms with van der Waals surface area (Å²) in [6.45, 7) is 0. The zero-order chi connectivity index (χ0) is 24.5. The van der Waals surface area contributed by atoms with Crippen LogP contribution in [0.4, 0.5) is 21.9 Å². The number of hydrogen-bond acceptors (Lipinski definition) is 3. The first kappa shape index (κ1) is 22.8. The van der Waals surface area contributed by atoms with Crippen molar-refractivity contribution in [2.75, 3.05) is 10.6 Å². The predicted octanol–water partition coefficient (Wildman–Crippen LogP) is 7.07. The molecule has 2 N–H and O–H groups in total. The molecule has 184 valence electrons. The molecule has 0 atom stereocenters. The Morgan fingerprint density at radius 3 is 2.08 bits per heavy atom. The largest absolute Gasteiger partial charge is 0.399 e. The number of anilines is 3. The Morgan fingerprint density at radius 1 is 0.750 bits per heavy atom. The average molecular weight is 479 g/mol. The van der Waals surface area contributed by atoms with Crippen LogP contribution in [0.5, 0.6) is 0 Å². The number of carbonyl (C=O) groups is 1. The Morgan fingerprint density at radius 2 is 1.39 bits per heavy atom. The van der Waals surface area contributed by atoms with Crippen LogP contribution in [0, 0.1) is 5.92 Å². The van der Waals surface area contributed by atoms with Crippen LogP contribution < -0.4 is 10.6 Å². The molecule has 2 amide bonds. The summed E-state index contributed by atoms with van der Waals surface area (Å²) in [5.41, 5.74) is 13.4. The zero-order valence-electron chi connectivity index (χ0n) is 20.8. The Balaban J connectivity index is 1.46. The van der Waals surface area contributed by atoms with Crippen molar-refractivity contribution in [3.8, 4) is 0 Å². The Labute approximate surface area is 213 Å². The van der Waals surface area contributed by atoms with Gasteiger partial charge in [0.2, 0.25) is 0 Å². The van der Waals surface area contributed by atoms with E-state index >= 15 is 0 Å². The van der Waals surface area contributed by atoms with Crippen molar-refractivity contribution in [1.82, 2.24) is 5.01 Å². The third-order valence-electron chi connectivity index (χ3n) is 8.12. The molecule has 0 unspecified atom stereocenters. The quantitative estimate of drug-likeness (QED) is 0.323. The Kier molecular flexibility index (Phi) is 6.22. The second-order valence-corrected chi connectivity index (χ2v) is 10.4. The summed E-state index contributed by atoms with van der Waals surface area (Å²) < 4.78 is 0. The SMILES string of the molecule is Nc1ccc(N2C(=O)N(C3CCc4ccccc4CC3)N=C(C3CCCCC3)c3ccccc32)cc1. The second kappa shape index (κ2) is 9.81. The molecular weight excluding hydrogens is 444 g/mol. The van der Waals surface area contributed by atoms with E-state index in [0.717, 1.165) is 61.2 Å². The first-order valence-corrected chi connectivity index (χ1v) is 13.4. The lowest BCUT2D eigenvalue weighted by atomic mass is 9.83. The van der Waals surface area contributed by atoms with Gasteiger partial charge in [-0.25, -0.2) is 9.80 Å². The number of nitrogen functional groups attached to an aromatic ring is 1. The van der Waals surface area contributed by atoms with Crippen molar-refractivity contribution in [3.05, 3.63) is 89.5 Å². The number of benzene rings is 3. The topological polar surface area (TPSA) is 61.9 Å². The van der Waals surface area contributed by atoms with E-state index in [9.17, 15) is 4.79 Å². The molecule has 3 aliphatic rings. The van der Waals surface area contributed by atoms with E-state index in [1.165, 1.54) is 30.4 Å². The highest BCUT2D eigenvalue weighted by molar-refractivity contribution is 6.13. The summed E-state index contributed by atoms with van der Waals surface area (Å²) in [5, 5.41) is 7.12. The van der Waals surface area contributed by atoms with Crippen molar-refractivity contribution in [3.63, 3.8) is 0 Å². The number of para-hydroxylation sites is 1. The van der Waals surface area contributed by atoms with Crippen LogP contribution in [0.25, 0.3) is 0 Å². The summed E-state index contributed by atoms with van der Waals surface area (Å²) in [6.07, 6.45) is 9.75. The predicted molar refractivity (Wildman–Crippen MR) is 147 cm³/mol. The lowest BCUT2D eigenvalue weighted by Crippen LogP contribution is -2.43. The van der Waals surface area contributed by atoms with E-state index in [4.69, 9.17) is 10.8 Å². The monoisotopic (exact) mass is 478 g/mol. The van der Waals surface area contributed by atoms with Crippen LogP contribution in [-0.2, 0) is 12.8 Å². The number of rotatable bonds is 3. The lowest BCUT2D eigenvalue weighted by Gasteiger charge is -2.31. The van der Waals surface area contributed by atoms with Crippen molar-refractivity contribution in [2.45, 2.75) is 63.8 Å². The van der Waals surface area contributed by atoms with Crippen molar-refractivity contribution < 1.29 is 4.79 Å². The number of carbonyl (C=O) groups excluding carboxylic acids is 1. The van der Waals surface area contributed by atoms with Gasteiger partial charge in [-0.3, -0.25) is 4.90 Å². The van der Waals surface area contributed by atoms with Gasteiger partial charge in [0.1, 0.15) is 0 Å². The maximum Gasteiger partial charge on any atom is 0.349 e. The number of hydrazone groups is 1. The summed E-state index contributed by atoms with van der Waals surface area (Å²) in [6, 6.07) is 24.6. The van der Waals surface area contributed by atoms with Gasteiger partial charge in [0, 0.05) is 17.2 Å². The molecule has 36 heavy (non-hydrogen) atoms. The molecule has 0 saturated heterocycles. The van der Waals surface area contributed by atoms with Crippen LogP contribution in [0.1, 0.15) is 61.6 Å². The van der Waals surface area contributed by atoms with E-state index in [1.807, 2.05) is 40.2 Å². The molecule has 1 heterocycles. The molecule has 0 radical (unpaired) electrons. The minimum atomic E-state index is -0.0750. The van der Waals surface area contributed by atoms with Crippen molar-refractivity contribution >= 4 is 28.8 Å². The molecule has 1 saturated carbocycles. The zero-order valence-corrected chi connectivity index (χ0v) is 20.8. The van der Waals surface area contributed by atoms with E-state index in [2.05, 4.69) is 42.5 Å². The van der Waals surface area contributed by atoms with Gasteiger partial charge in [-0.05, 0) is 80.0 Å². The molecule has 1 fully saturated rings. The van der Waals surface area contributed by atoms with Gasteiger partial charge in [-0.1, -0.05) is 61.7 Å². The number of nitrogens with two attached hydrogens (primary N) is 1.